The molecule has 0 saturated carbocycles. The molecule has 1 aromatic carbocycles. The highest BCUT2D eigenvalue weighted by Gasteiger charge is 2.37. The molecule has 0 saturated heterocycles. The number of nitrogens with two attached hydrogens (primary N) is 1. The number of alkyl halides is 6. The highest BCUT2D eigenvalue weighted by atomic mass is 19.4. The highest BCUT2D eigenvalue weighted by Crippen LogP contribution is 2.36. The highest BCUT2D eigenvalue weighted by molar-refractivity contribution is 5.75. The first-order valence-corrected chi connectivity index (χ1v) is 5.57. The predicted molar refractivity (Wildman–Crippen MR) is 60.1 cm³/mol. The number of hydrogen-bond acceptors (Lipinski definition) is 3. The Labute approximate surface area is 115 Å². The van der Waals surface area contributed by atoms with Gasteiger partial charge in [0.2, 0.25) is 0 Å². The monoisotopic (exact) mass is 315 g/mol. The third-order valence-corrected chi connectivity index (χ3v) is 2.61. The van der Waals surface area contributed by atoms with E-state index in [1.54, 1.807) is 0 Å². The summed E-state index contributed by atoms with van der Waals surface area (Å²) in [5.41, 5.74) is 2.08. The molecule has 118 valence electrons. The molecule has 0 bridgehead atoms. The van der Waals surface area contributed by atoms with Gasteiger partial charge in [0.05, 0.1) is 18.2 Å². The maximum Gasteiger partial charge on any atom is 0.416 e. The number of benzene rings is 1. The Morgan fingerprint density at radius 2 is 1.52 bits per heavy atom. The third-order valence-electron chi connectivity index (χ3n) is 2.61. The van der Waals surface area contributed by atoms with E-state index in [2.05, 4.69) is 4.74 Å². The summed E-state index contributed by atoms with van der Waals surface area (Å²) in [4.78, 5) is 11.1. The molecular formula is C12H11F6NO2. The minimum atomic E-state index is -4.94. The van der Waals surface area contributed by atoms with Gasteiger partial charge in [-0.2, -0.15) is 26.3 Å². The smallest absolute Gasteiger partial charge is 0.416 e. The van der Waals surface area contributed by atoms with Crippen LogP contribution in [0.5, 0.6) is 0 Å². The molecule has 2 N–H and O–H groups in total. The summed E-state index contributed by atoms with van der Waals surface area (Å²) in [6.45, 7) is 0. The molecule has 0 spiro atoms. The Morgan fingerprint density at radius 3 is 1.86 bits per heavy atom. The molecule has 0 heterocycles. The number of halogens is 6. The molecule has 0 aliphatic heterocycles. The summed E-state index contributed by atoms with van der Waals surface area (Å²) in [5.74, 6) is -0.930. The van der Waals surface area contributed by atoms with Gasteiger partial charge in [-0.15, -0.1) is 0 Å². The lowest BCUT2D eigenvalue weighted by Gasteiger charge is -2.15. The van der Waals surface area contributed by atoms with Gasteiger partial charge < -0.3 is 10.5 Å². The summed E-state index contributed by atoms with van der Waals surface area (Å²) >= 11 is 0. The Bertz CT molecular complexity index is 491. The molecule has 0 radical (unpaired) electrons. The van der Waals surface area contributed by atoms with Gasteiger partial charge in [0.1, 0.15) is 6.04 Å². The van der Waals surface area contributed by atoms with E-state index < -0.39 is 41.9 Å². The summed E-state index contributed by atoms with van der Waals surface area (Å²) in [7, 11) is 1.01. The number of ether oxygens (including phenoxy) is 1. The van der Waals surface area contributed by atoms with E-state index in [0.29, 0.717) is 12.1 Å². The van der Waals surface area contributed by atoms with Crippen LogP contribution in [0.25, 0.3) is 0 Å². The zero-order valence-corrected chi connectivity index (χ0v) is 10.7. The van der Waals surface area contributed by atoms with Crippen molar-refractivity contribution < 1.29 is 35.9 Å². The predicted octanol–water partition coefficient (Wildman–Crippen LogP) is 2.77. The number of esters is 1. The fourth-order valence-corrected chi connectivity index (χ4v) is 1.63. The number of methoxy groups -OCH3 is 1. The average molecular weight is 315 g/mol. The molecule has 0 unspecified atom stereocenters. The van der Waals surface area contributed by atoms with E-state index in [1.165, 1.54) is 0 Å². The molecular weight excluding hydrogens is 304 g/mol. The number of rotatable bonds is 3. The van der Waals surface area contributed by atoms with E-state index in [4.69, 9.17) is 5.73 Å². The molecule has 0 fully saturated rings. The molecule has 0 aliphatic rings. The van der Waals surface area contributed by atoms with Crippen molar-refractivity contribution >= 4 is 5.97 Å². The summed E-state index contributed by atoms with van der Waals surface area (Å²) < 4.78 is 79.9. The Morgan fingerprint density at radius 1 is 1.10 bits per heavy atom. The molecule has 1 rings (SSSR count). The van der Waals surface area contributed by atoms with E-state index in [9.17, 15) is 31.1 Å². The summed E-state index contributed by atoms with van der Waals surface area (Å²) in [5, 5.41) is 0. The topological polar surface area (TPSA) is 52.3 Å². The van der Waals surface area contributed by atoms with Crippen molar-refractivity contribution in [2.75, 3.05) is 7.11 Å². The Balaban J connectivity index is 3.23. The van der Waals surface area contributed by atoms with Gasteiger partial charge in [-0.25, -0.2) is 0 Å². The van der Waals surface area contributed by atoms with E-state index in [0.717, 1.165) is 7.11 Å². The second-order valence-electron chi connectivity index (χ2n) is 4.25. The van der Waals surface area contributed by atoms with Gasteiger partial charge in [0, 0.05) is 0 Å². The van der Waals surface area contributed by atoms with E-state index in [1.807, 2.05) is 0 Å². The molecule has 0 aromatic heterocycles. The van der Waals surface area contributed by atoms with Crippen LogP contribution >= 0.6 is 0 Å². The fourth-order valence-electron chi connectivity index (χ4n) is 1.63. The normalized spacial score (nSPS) is 13.9. The third kappa shape index (κ3) is 4.62. The van der Waals surface area contributed by atoms with Crippen molar-refractivity contribution in [2.24, 2.45) is 5.73 Å². The second kappa shape index (κ2) is 5.92. The van der Waals surface area contributed by atoms with Gasteiger partial charge in [-0.05, 0) is 30.2 Å². The van der Waals surface area contributed by atoms with Gasteiger partial charge in [-0.1, -0.05) is 0 Å². The summed E-state index contributed by atoms with van der Waals surface area (Å²) in [6.07, 6.45) is -10.4. The lowest BCUT2D eigenvalue weighted by atomic mass is 10.00. The standard InChI is InChI=1S/C12H11F6NO2/c1-21-10(20)9(19)4-6-2-7(11(13,14)15)5-8(3-6)12(16,17)18/h2-3,5,9H,4,19H2,1H3/t9-/m0/s1. The Kier molecular flexibility index (Phi) is 4.87. The van der Waals surface area contributed by atoms with Gasteiger partial charge in [0.25, 0.3) is 0 Å². The molecule has 1 aromatic rings. The SMILES string of the molecule is COC(=O)[C@@H](N)Cc1cc(C(F)(F)F)cc(C(F)(F)F)c1. The van der Waals surface area contributed by atoms with Crippen molar-refractivity contribution in [1.29, 1.82) is 0 Å². The zero-order chi connectivity index (χ0) is 16.4. The van der Waals surface area contributed by atoms with Crippen LogP contribution in [0.4, 0.5) is 26.3 Å². The van der Waals surface area contributed by atoms with Crippen molar-refractivity contribution in [2.45, 2.75) is 24.8 Å². The van der Waals surface area contributed by atoms with Gasteiger partial charge >= 0.3 is 18.3 Å². The quantitative estimate of drug-likeness (QED) is 0.689. The molecule has 21 heavy (non-hydrogen) atoms. The molecule has 3 nitrogen and oxygen atoms in total. The van der Waals surface area contributed by atoms with E-state index in [-0.39, 0.29) is 11.6 Å². The van der Waals surface area contributed by atoms with Crippen molar-refractivity contribution in [3.05, 3.63) is 34.9 Å². The van der Waals surface area contributed by atoms with Crippen LogP contribution in [0.2, 0.25) is 0 Å². The van der Waals surface area contributed by atoms with Crippen LogP contribution in [0, 0.1) is 0 Å². The molecule has 1 atom stereocenters. The van der Waals surface area contributed by atoms with Crippen molar-refractivity contribution in [3.8, 4) is 0 Å². The first-order chi connectivity index (χ1) is 9.45. The van der Waals surface area contributed by atoms with Gasteiger partial charge in [-0.3, -0.25) is 4.79 Å². The largest absolute Gasteiger partial charge is 0.468 e. The first kappa shape index (κ1) is 17.3. The van der Waals surface area contributed by atoms with Gasteiger partial charge in [0.15, 0.2) is 0 Å². The molecule has 0 amide bonds. The minimum Gasteiger partial charge on any atom is -0.468 e. The number of hydrogen-bond donors (Lipinski definition) is 1. The summed E-state index contributed by atoms with van der Waals surface area (Å²) in [6, 6.07) is -0.289. The zero-order valence-electron chi connectivity index (χ0n) is 10.7. The van der Waals surface area contributed by atoms with Crippen LogP contribution in [0.1, 0.15) is 16.7 Å². The number of carbonyl (C=O) groups excluding carboxylic acids is 1. The van der Waals surface area contributed by atoms with Crippen LogP contribution in [-0.2, 0) is 28.3 Å². The maximum absolute atomic E-state index is 12.6. The fraction of sp³-hybridized carbons (Fsp3) is 0.417. The second-order valence-corrected chi connectivity index (χ2v) is 4.25. The lowest BCUT2D eigenvalue weighted by Crippen LogP contribution is -2.33. The maximum atomic E-state index is 12.6. The first-order valence-electron chi connectivity index (χ1n) is 5.57. The van der Waals surface area contributed by atoms with E-state index >= 15 is 0 Å². The van der Waals surface area contributed by atoms with Crippen LogP contribution in [-0.4, -0.2) is 19.1 Å². The molecule has 9 heteroatoms. The van der Waals surface area contributed by atoms with Crippen LogP contribution < -0.4 is 5.73 Å². The van der Waals surface area contributed by atoms with Crippen LogP contribution in [0.3, 0.4) is 0 Å². The molecule has 0 aliphatic carbocycles. The Hall–Kier alpha value is -1.77. The van der Waals surface area contributed by atoms with Crippen molar-refractivity contribution in [3.63, 3.8) is 0 Å². The minimum absolute atomic E-state index is 0.00711. The van der Waals surface area contributed by atoms with Crippen LogP contribution in [0.15, 0.2) is 18.2 Å². The number of carbonyl (C=O) groups is 1. The average Bonchev–Trinajstić information content (AvgIpc) is 2.35. The van der Waals surface area contributed by atoms with Crippen molar-refractivity contribution in [1.82, 2.24) is 0 Å². The lowest BCUT2D eigenvalue weighted by molar-refractivity contribution is -0.143.